The van der Waals surface area contributed by atoms with Gasteiger partial charge in [-0.2, -0.15) is 0 Å². The maximum Gasteiger partial charge on any atom is 0.129 e. The summed E-state index contributed by atoms with van der Waals surface area (Å²) in [6.07, 6.45) is 3.68. The van der Waals surface area contributed by atoms with Crippen LogP contribution in [-0.2, 0) is 16.1 Å². The molecular weight excluding hydrogens is 230 g/mol. The van der Waals surface area contributed by atoms with Crippen LogP contribution in [0.1, 0.15) is 43.7 Å². The first kappa shape index (κ1) is 13.6. The van der Waals surface area contributed by atoms with Gasteiger partial charge < -0.3 is 19.2 Å². The minimum Gasteiger partial charge on any atom is -0.462 e. The van der Waals surface area contributed by atoms with Gasteiger partial charge in [0.2, 0.25) is 0 Å². The highest BCUT2D eigenvalue weighted by molar-refractivity contribution is 5.10. The molecule has 1 aromatic heterocycles. The molecule has 2 atom stereocenters. The van der Waals surface area contributed by atoms with Crippen molar-refractivity contribution in [3.05, 3.63) is 23.7 Å². The molecular formula is C14H23NO3. The number of nitrogens with one attached hydrogen (secondary N) is 1. The second kappa shape index (κ2) is 6.92. The van der Waals surface area contributed by atoms with Crippen LogP contribution < -0.4 is 5.32 Å². The van der Waals surface area contributed by atoms with E-state index in [9.17, 15) is 0 Å². The second-order valence-corrected chi connectivity index (χ2v) is 4.72. The Morgan fingerprint density at radius 2 is 2.39 bits per heavy atom. The molecule has 1 fully saturated rings. The molecule has 0 radical (unpaired) electrons. The number of hydrogen-bond donors (Lipinski definition) is 1. The fourth-order valence-corrected chi connectivity index (χ4v) is 2.44. The van der Waals surface area contributed by atoms with Crippen LogP contribution >= 0.6 is 0 Å². The van der Waals surface area contributed by atoms with Gasteiger partial charge in [0.1, 0.15) is 18.1 Å². The molecule has 0 amide bonds. The summed E-state index contributed by atoms with van der Waals surface area (Å²) in [4.78, 5) is 0. The third-order valence-corrected chi connectivity index (χ3v) is 3.29. The lowest BCUT2D eigenvalue weighted by Gasteiger charge is -2.19. The average Bonchev–Trinajstić information content (AvgIpc) is 3.00. The first-order valence-electron chi connectivity index (χ1n) is 6.76. The quantitative estimate of drug-likeness (QED) is 0.811. The Morgan fingerprint density at radius 3 is 3.06 bits per heavy atom. The summed E-state index contributed by atoms with van der Waals surface area (Å²) >= 11 is 0. The Hall–Kier alpha value is -0.840. The number of methoxy groups -OCH3 is 1. The molecule has 102 valence electrons. The van der Waals surface area contributed by atoms with Gasteiger partial charge in [-0.25, -0.2) is 0 Å². The second-order valence-electron chi connectivity index (χ2n) is 4.72. The van der Waals surface area contributed by atoms with Crippen molar-refractivity contribution in [2.24, 2.45) is 0 Å². The summed E-state index contributed by atoms with van der Waals surface area (Å²) in [5.41, 5.74) is 0. The normalized spacial score (nSPS) is 21.3. The lowest BCUT2D eigenvalue weighted by molar-refractivity contribution is 0.0913. The van der Waals surface area contributed by atoms with Crippen molar-refractivity contribution in [3.8, 4) is 0 Å². The van der Waals surface area contributed by atoms with Crippen molar-refractivity contribution in [3.63, 3.8) is 0 Å². The van der Waals surface area contributed by atoms with Crippen LogP contribution in [0.4, 0.5) is 0 Å². The topological polar surface area (TPSA) is 43.6 Å². The van der Waals surface area contributed by atoms with Crippen molar-refractivity contribution in [2.75, 3.05) is 20.3 Å². The van der Waals surface area contributed by atoms with E-state index in [2.05, 4.69) is 12.2 Å². The van der Waals surface area contributed by atoms with E-state index < -0.39 is 0 Å². The molecule has 0 aliphatic carbocycles. The zero-order valence-corrected chi connectivity index (χ0v) is 11.3. The van der Waals surface area contributed by atoms with Gasteiger partial charge in [-0.1, -0.05) is 6.92 Å². The minimum atomic E-state index is 0.240. The summed E-state index contributed by atoms with van der Waals surface area (Å²) in [6.45, 7) is 4.47. The lowest BCUT2D eigenvalue weighted by atomic mass is 10.0. The maximum atomic E-state index is 5.81. The van der Waals surface area contributed by atoms with E-state index >= 15 is 0 Å². The van der Waals surface area contributed by atoms with Gasteiger partial charge in [0.15, 0.2) is 0 Å². The Morgan fingerprint density at radius 1 is 1.50 bits per heavy atom. The molecule has 0 bridgehead atoms. The van der Waals surface area contributed by atoms with Crippen LogP contribution in [0.25, 0.3) is 0 Å². The molecule has 1 aliphatic heterocycles. The minimum absolute atomic E-state index is 0.240. The summed E-state index contributed by atoms with van der Waals surface area (Å²) in [6, 6.07) is 4.26. The molecule has 2 rings (SSSR count). The monoisotopic (exact) mass is 253 g/mol. The van der Waals surface area contributed by atoms with Gasteiger partial charge in [-0.05, 0) is 37.9 Å². The molecule has 2 unspecified atom stereocenters. The van der Waals surface area contributed by atoms with E-state index in [1.165, 1.54) is 6.42 Å². The van der Waals surface area contributed by atoms with Crippen molar-refractivity contribution < 1.29 is 13.9 Å². The Bertz CT molecular complexity index is 345. The van der Waals surface area contributed by atoms with Crippen LogP contribution in [0.2, 0.25) is 0 Å². The van der Waals surface area contributed by atoms with Gasteiger partial charge in [-0.15, -0.1) is 0 Å². The molecule has 4 heteroatoms. The van der Waals surface area contributed by atoms with Crippen molar-refractivity contribution in [1.29, 1.82) is 0 Å². The SMILES string of the molecule is CCNC(CC1CCCO1)c1ccc(COC)o1. The fourth-order valence-electron chi connectivity index (χ4n) is 2.44. The van der Waals surface area contributed by atoms with E-state index in [-0.39, 0.29) is 6.04 Å². The smallest absolute Gasteiger partial charge is 0.129 e. The molecule has 2 heterocycles. The van der Waals surface area contributed by atoms with Crippen LogP contribution in [-0.4, -0.2) is 26.4 Å². The van der Waals surface area contributed by atoms with E-state index in [0.29, 0.717) is 12.7 Å². The van der Waals surface area contributed by atoms with E-state index in [1.54, 1.807) is 7.11 Å². The Balaban J connectivity index is 1.97. The van der Waals surface area contributed by atoms with Crippen LogP contribution in [0.3, 0.4) is 0 Å². The molecule has 0 spiro atoms. The third kappa shape index (κ3) is 3.57. The van der Waals surface area contributed by atoms with Gasteiger partial charge >= 0.3 is 0 Å². The highest BCUT2D eigenvalue weighted by atomic mass is 16.5. The highest BCUT2D eigenvalue weighted by Crippen LogP contribution is 2.26. The molecule has 1 N–H and O–H groups in total. The van der Waals surface area contributed by atoms with Gasteiger partial charge in [-0.3, -0.25) is 0 Å². The Kier molecular flexibility index (Phi) is 5.23. The zero-order chi connectivity index (χ0) is 12.8. The number of ether oxygens (including phenoxy) is 2. The number of furan rings is 1. The van der Waals surface area contributed by atoms with Crippen molar-refractivity contribution in [1.82, 2.24) is 5.32 Å². The van der Waals surface area contributed by atoms with Gasteiger partial charge in [0, 0.05) is 13.7 Å². The summed E-state index contributed by atoms with van der Waals surface area (Å²) < 4.78 is 16.6. The fraction of sp³-hybridized carbons (Fsp3) is 0.714. The van der Waals surface area contributed by atoms with Crippen LogP contribution in [0.15, 0.2) is 16.5 Å². The largest absolute Gasteiger partial charge is 0.462 e. The lowest BCUT2D eigenvalue weighted by Crippen LogP contribution is -2.24. The number of hydrogen-bond acceptors (Lipinski definition) is 4. The van der Waals surface area contributed by atoms with Crippen molar-refractivity contribution >= 4 is 0 Å². The van der Waals surface area contributed by atoms with Gasteiger partial charge in [0.05, 0.1) is 12.1 Å². The molecule has 4 nitrogen and oxygen atoms in total. The summed E-state index contributed by atoms with van der Waals surface area (Å²) in [5, 5.41) is 3.47. The van der Waals surface area contributed by atoms with Crippen molar-refractivity contribution in [2.45, 2.75) is 44.9 Å². The molecule has 1 aliphatic rings. The standard InChI is InChI=1S/C14H23NO3/c1-3-15-13(9-11-5-4-8-17-11)14-7-6-12(18-14)10-16-2/h6-7,11,13,15H,3-5,8-10H2,1-2H3. The summed E-state index contributed by atoms with van der Waals surface area (Å²) in [5.74, 6) is 1.86. The first-order chi connectivity index (χ1) is 8.83. The van der Waals surface area contributed by atoms with E-state index in [0.717, 1.165) is 37.5 Å². The maximum absolute atomic E-state index is 5.81. The van der Waals surface area contributed by atoms with Crippen LogP contribution in [0, 0.1) is 0 Å². The molecule has 1 saturated heterocycles. The zero-order valence-electron chi connectivity index (χ0n) is 11.3. The average molecular weight is 253 g/mol. The van der Waals surface area contributed by atoms with E-state index in [1.807, 2.05) is 12.1 Å². The molecule has 1 aromatic rings. The Labute approximate surface area is 109 Å². The van der Waals surface area contributed by atoms with Crippen LogP contribution in [0.5, 0.6) is 0 Å². The van der Waals surface area contributed by atoms with Gasteiger partial charge in [0.25, 0.3) is 0 Å². The molecule has 0 saturated carbocycles. The predicted molar refractivity (Wildman–Crippen MR) is 69.4 cm³/mol. The third-order valence-electron chi connectivity index (χ3n) is 3.29. The molecule has 18 heavy (non-hydrogen) atoms. The van der Waals surface area contributed by atoms with E-state index in [4.69, 9.17) is 13.9 Å². The molecule has 0 aromatic carbocycles. The predicted octanol–water partition coefficient (Wildman–Crippen LogP) is 2.65. The first-order valence-corrected chi connectivity index (χ1v) is 6.76. The number of rotatable bonds is 7. The summed E-state index contributed by atoms with van der Waals surface area (Å²) in [7, 11) is 1.68. The highest BCUT2D eigenvalue weighted by Gasteiger charge is 2.23.